The Morgan fingerprint density at radius 2 is 1.67 bits per heavy atom. The second-order valence-corrected chi connectivity index (χ2v) is 8.41. The Bertz CT molecular complexity index is 1120. The van der Waals surface area contributed by atoms with Crippen LogP contribution in [0.1, 0.15) is 34.3 Å². The van der Waals surface area contributed by atoms with Crippen LogP contribution in [0.2, 0.25) is 0 Å². The normalized spacial score (nSPS) is 14.7. The molecule has 1 fully saturated rings. The third-order valence-electron chi connectivity index (χ3n) is 6.13. The van der Waals surface area contributed by atoms with Crippen molar-refractivity contribution in [1.29, 1.82) is 0 Å². The van der Waals surface area contributed by atoms with Crippen LogP contribution in [0.5, 0.6) is 0 Å². The van der Waals surface area contributed by atoms with Gasteiger partial charge in [0, 0.05) is 48.6 Å². The molecular weight excluding hydrogens is 421 g/mol. The fraction of sp³-hybridized carbons (Fsp3) is 0.269. The minimum Gasteiger partial charge on any atom is -0.305 e. The van der Waals surface area contributed by atoms with Gasteiger partial charge in [0.2, 0.25) is 0 Å². The van der Waals surface area contributed by atoms with Gasteiger partial charge in [0.1, 0.15) is 5.82 Å². The third-order valence-corrected chi connectivity index (χ3v) is 6.13. The number of nitro benzene ring substituents is 1. The van der Waals surface area contributed by atoms with Crippen molar-refractivity contribution in [2.45, 2.75) is 32.4 Å². The predicted molar refractivity (Wildman–Crippen MR) is 126 cm³/mol. The van der Waals surface area contributed by atoms with Crippen LogP contribution in [-0.4, -0.2) is 34.9 Å². The highest BCUT2D eigenvalue weighted by Crippen LogP contribution is 2.28. The first-order valence-corrected chi connectivity index (χ1v) is 11.0. The number of aryl methyl sites for hydroxylation is 1. The fourth-order valence-corrected chi connectivity index (χ4v) is 4.33. The van der Waals surface area contributed by atoms with Crippen LogP contribution in [-0.2, 0) is 6.54 Å². The number of para-hydroxylation sites is 1. The highest BCUT2D eigenvalue weighted by molar-refractivity contribution is 6.06. The molecule has 1 saturated heterocycles. The summed E-state index contributed by atoms with van der Waals surface area (Å²) < 4.78 is 13.4. The summed E-state index contributed by atoms with van der Waals surface area (Å²) in [6.07, 6.45) is 1.48. The fourth-order valence-electron chi connectivity index (χ4n) is 4.33. The van der Waals surface area contributed by atoms with E-state index in [9.17, 15) is 19.3 Å². The zero-order valence-corrected chi connectivity index (χ0v) is 18.5. The van der Waals surface area contributed by atoms with E-state index in [1.54, 1.807) is 12.1 Å². The average molecular weight is 448 g/mol. The second-order valence-electron chi connectivity index (χ2n) is 8.41. The Labute approximate surface area is 192 Å². The van der Waals surface area contributed by atoms with Crippen molar-refractivity contribution >= 4 is 17.3 Å². The largest absolute Gasteiger partial charge is 0.305 e. The summed E-state index contributed by atoms with van der Waals surface area (Å²) in [5, 5.41) is 11.3. The number of carbonyl (C=O) groups is 1. The number of benzene rings is 3. The summed E-state index contributed by atoms with van der Waals surface area (Å²) in [5.41, 5.74) is 3.18. The third kappa shape index (κ3) is 5.26. The molecule has 1 aliphatic heterocycles. The van der Waals surface area contributed by atoms with E-state index in [0.29, 0.717) is 17.7 Å². The Hall–Kier alpha value is -3.58. The van der Waals surface area contributed by atoms with Crippen LogP contribution in [0.25, 0.3) is 0 Å². The minimum absolute atomic E-state index is 0.0210. The van der Waals surface area contributed by atoms with E-state index < -0.39 is 0 Å². The van der Waals surface area contributed by atoms with E-state index in [2.05, 4.69) is 4.90 Å². The van der Waals surface area contributed by atoms with Crippen molar-refractivity contribution in [3.05, 3.63) is 105 Å². The number of amides is 1. The lowest BCUT2D eigenvalue weighted by Crippen LogP contribution is -2.47. The molecule has 170 valence electrons. The number of piperidine rings is 1. The summed E-state index contributed by atoms with van der Waals surface area (Å²) in [5.74, 6) is -0.534. The Morgan fingerprint density at radius 3 is 2.30 bits per heavy atom. The summed E-state index contributed by atoms with van der Waals surface area (Å²) in [6, 6.07) is 20.3. The number of rotatable bonds is 6. The molecule has 4 rings (SSSR count). The molecule has 0 N–H and O–H groups in total. The van der Waals surface area contributed by atoms with Crippen molar-refractivity contribution in [3.8, 4) is 0 Å². The molecule has 3 aromatic rings. The molecule has 1 heterocycles. The van der Waals surface area contributed by atoms with E-state index in [1.807, 2.05) is 42.2 Å². The van der Waals surface area contributed by atoms with Gasteiger partial charge in [-0.25, -0.2) is 4.39 Å². The molecule has 1 amide bonds. The summed E-state index contributed by atoms with van der Waals surface area (Å²) in [6.45, 7) is 3.93. The van der Waals surface area contributed by atoms with Crippen LogP contribution in [0, 0.1) is 22.9 Å². The first kappa shape index (κ1) is 22.6. The van der Waals surface area contributed by atoms with Crippen molar-refractivity contribution in [3.63, 3.8) is 0 Å². The van der Waals surface area contributed by atoms with Gasteiger partial charge in [0.05, 0.1) is 4.92 Å². The van der Waals surface area contributed by atoms with Crippen LogP contribution in [0.4, 0.5) is 15.8 Å². The number of likely N-dealkylation sites (tertiary alicyclic amines) is 1. The number of nitro groups is 1. The van der Waals surface area contributed by atoms with E-state index in [-0.39, 0.29) is 28.4 Å². The molecule has 0 atom stereocenters. The maximum atomic E-state index is 13.4. The number of nitrogens with zero attached hydrogens (tertiary/aromatic N) is 3. The average Bonchev–Trinajstić information content (AvgIpc) is 2.82. The summed E-state index contributed by atoms with van der Waals surface area (Å²) in [7, 11) is 0. The van der Waals surface area contributed by atoms with Crippen molar-refractivity contribution in [2.75, 3.05) is 18.0 Å². The molecule has 0 saturated carbocycles. The molecule has 7 heteroatoms. The van der Waals surface area contributed by atoms with Crippen LogP contribution >= 0.6 is 0 Å². The summed E-state index contributed by atoms with van der Waals surface area (Å²) in [4.78, 5) is 28.4. The van der Waals surface area contributed by atoms with Crippen molar-refractivity contribution in [2.24, 2.45) is 0 Å². The van der Waals surface area contributed by atoms with Gasteiger partial charge in [0.15, 0.2) is 0 Å². The van der Waals surface area contributed by atoms with Gasteiger partial charge in [0.25, 0.3) is 11.6 Å². The van der Waals surface area contributed by atoms with Crippen LogP contribution in [0.15, 0.2) is 72.8 Å². The molecule has 0 spiro atoms. The van der Waals surface area contributed by atoms with E-state index in [4.69, 9.17) is 0 Å². The summed E-state index contributed by atoms with van der Waals surface area (Å²) >= 11 is 0. The van der Waals surface area contributed by atoms with Crippen LogP contribution in [0.3, 0.4) is 0 Å². The minimum atomic E-state index is -0.378. The van der Waals surface area contributed by atoms with Crippen molar-refractivity contribution < 1.29 is 14.1 Å². The molecule has 1 aliphatic rings. The standard InChI is InChI=1S/C26H26FN3O3/c1-19-6-12-23(13-7-19)29(26(31)20-8-10-22(27)11-9-20)24-14-16-28(17-15-24)18-21-4-2-3-5-25(21)30(32)33/h2-13,24H,14-18H2,1H3. The van der Waals surface area contributed by atoms with E-state index in [0.717, 1.165) is 37.2 Å². The molecule has 3 aromatic carbocycles. The quantitative estimate of drug-likeness (QED) is 0.377. The number of halogens is 1. The van der Waals surface area contributed by atoms with Gasteiger partial charge >= 0.3 is 0 Å². The highest BCUT2D eigenvalue weighted by Gasteiger charge is 2.30. The van der Waals surface area contributed by atoms with Gasteiger partial charge in [-0.2, -0.15) is 0 Å². The highest BCUT2D eigenvalue weighted by atomic mass is 19.1. The maximum Gasteiger partial charge on any atom is 0.273 e. The number of hydrogen-bond donors (Lipinski definition) is 0. The molecular formula is C26H26FN3O3. The Morgan fingerprint density at radius 1 is 1.03 bits per heavy atom. The molecule has 6 nitrogen and oxygen atoms in total. The molecule has 0 aliphatic carbocycles. The lowest BCUT2D eigenvalue weighted by molar-refractivity contribution is -0.385. The zero-order chi connectivity index (χ0) is 23.4. The zero-order valence-electron chi connectivity index (χ0n) is 18.5. The van der Waals surface area contributed by atoms with Gasteiger partial charge in [-0.3, -0.25) is 19.8 Å². The monoisotopic (exact) mass is 447 g/mol. The molecule has 0 unspecified atom stereocenters. The van der Waals surface area contributed by atoms with E-state index in [1.165, 1.54) is 30.3 Å². The molecule has 0 radical (unpaired) electrons. The lowest BCUT2D eigenvalue weighted by Gasteiger charge is -2.38. The SMILES string of the molecule is Cc1ccc(N(C(=O)c2ccc(F)cc2)C2CCN(Cc3ccccc3[N+](=O)[O-])CC2)cc1. The van der Waals surface area contributed by atoms with Gasteiger partial charge in [-0.15, -0.1) is 0 Å². The lowest BCUT2D eigenvalue weighted by atomic mass is 9.99. The smallest absolute Gasteiger partial charge is 0.273 e. The number of anilines is 1. The molecule has 0 aromatic heterocycles. The number of hydrogen-bond acceptors (Lipinski definition) is 4. The Kier molecular flexibility index (Phi) is 6.79. The van der Waals surface area contributed by atoms with Gasteiger partial charge < -0.3 is 4.90 Å². The van der Waals surface area contributed by atoms with Gasteiger partial charge in [-0.05, 0) is 56.2 Å². The van der Waals surface area contributed by atoms with Crippen LogP contribution < -0.4 is 4.90 Å². The van der Waals surface area contributed by atoms with Crippen molar-refractivity contribution in [1.82, 2.24) is 4.90 Å². The maximum absolute atomic E-state index is 13.4. The molecule has 33 heavy (non-hydrogen) atoms. The topological polar surface area (TPSA) is 66.7 Å². The first-order chi connectivity index (χ1) is 15.9. The predicted octanol–water partition coefficient (Wildman–Crippen LogP) is 5.35. The van der Waals surface area contributed by atoms with E-state index >= 15 is 0 Å². The Balaban J connectivity index is 1.52. The number of carbonyl (C=O) groups excluding carboxylic acids is 1. The second kappa shape index (κ2) is 9.92. The van der Waals surface area contributed by atoms with Gasteiger partial charge in [-0.1, -0.05) is 35.9 Å². The molecule has 0 bridgehead atoms. The first-order valence-electron chi connectivity index (χ1n) is 11.0.